The first-order valence-electron chi connectivity index (χ1n) is 7.16. The zero-order valence-electron chi connectivity index (χ0n) is 12.1. The second-order valence-electron chi connectivity index (χ2n) is 6.96. The van der Waals surface area contributed by atoms with Gasteiger partial charge >= 0.3 is 0 Å². The molecule has 0 spiro atoms. The van der Waals surface area contributed by atoms with Crippen LogP contribution in [0.15, 0.2) is 0 Å². The van der Waals surface area contributed by atoms with Crippen molar-refractivity contribution in [3.05, 3.63) is 0 Å². The number of fused-ring (bicyclic) bond motifs is 3. The fourth-order valence-corrected chi connectivity index (χ4v) is 4.24. The van der Waals surface area contributed by atoms with Crippen molar-refractivity contribution in [3.8, 4) is 0 Å². The van der Waals surface area contributed by atoms with E-state index in [2.05, 4.69) is 0 Å². The maximum absolute atomic E-state index is 12.5. The van der Waals surface area contributed by atoms with Crippen molar-refractivity contribution in [2.24, 2.45) is 17.3 Å². The lowest BCUT2D eigenvalue weighted by Gasteiger charge is -2.49. The first-order valence-corrected chi connectivity index (χ1v) is 7.16. The van der Waals surface area contributed by atoms with E-state index in [1.54, 1.807) is 0 Å². The van der Waals surface area contributed by atoms with Crippen LogP contribution >= 0.6 is 0 Å². The lowest BCUT2D eigenvalue weighted by atomic mass is 9.54. The van der Waals surface area contributed by atoms with Gasteiger partial charge < -0.3 is 9.47 Å². The summed E-state index contributed by atoms with van der Waals surface area (Å²) in [5.41, 5.74) is -0.418. The van der Waals surface area contributed by atoms with E-state index in [0.717, 1.165) is 0 Å². The van der Waals surface area contributed by atoms with Crippen molar-refractivity contribution in [3.63, 3.8) is 0 Å². The van der Waals surface area contributed by atoms with E-state index in [9.17, 15) is 9.59 Å². The van der Waals surface area contributed by atoms with Gasteiger partial charge in [-0.05, 0) is 20.3 Å². The second kappa shape index (κ2) is 3.89. The Morgan fingerprint density at radius 2 is 1.84 bits per heavy atom. The third kappa shape index (κ3) is 1.80. The molecule has 1 unspecified atom stereocenters. The van der Waals surface area contributed by atoms with E-state index in [1.807, 2.05) is 27.7 Å². The Labute approximate surface area is 113 Å². The summed E-state index contributed by atoms with van der Waals surface area (Å²) in [5.74, 6) is -0.320. The van der Waals surface area contributed by atoms with Crippen molar-refractivity contribution in [1.29, 1.82) is 0 Å². The van der Waals surface area contributed by atoms with Crippen LogP contribution in [-0.4, -0.2) is 29.6 Å². The number of ketones is 2. The van der Waals surface area contributed by atoms with E-state index in [1.165, 1.54) is 0 Å². The molecule has 19 heavy (non-hydrogen) atoms. The average Bonchev–Trinajstić information content (AvgIpc) is 2.59. The van der Waals surface area contributed by atoms with E-state index in [-0.39, 0.29) is 35.6 Å². The molecule has 4 nitrogen and oxygen atoms in total. The number of ether oxygens (including phenoxy) is 2. The molecule has 0 bridgehead atoms. The minimum absolute atomic E-state index is 0.0400. The van der Waals surface area contributed by atoms with Crippen molar-refractivity contribution >= 4 is 11.6 Å². The standard InChI is InChI=1S/C15H22O4/c1-8-9(16)5-6-15(4)11(17)7-10-13(12(8)15)19-14(2,3)18-10/h8,10,12-13H,5-7H2,1-4H3/t8?,10-,12-,13+,15-/m0/s1. The molecule has 4 heteroatoms. The molecule has 0 N–H and O–H groups in total. The fraction of sp³-hybridized carbons (Fsp3) is 0.867. The zero-order valence-corrected chi connectivity index (χ0v) is 12.1. The van der Waals surface area contributed by atoms with Gasteiger partial charge in [-0.2, -0.15) is 0 Å². The first-order chi connectivity index (χ1) is 8.74. The van der Waals surface area contributed by atoms with Crippen LogP contribution in [0.1, 0.15) is 47.0 Å². The zero-order chi connectivity index (χ0) is 14.0. The molecule has 1 aliphatic heterocycles. The van der Waals surface area contributed by atoms with Crippen LogP contribution in [0.2, 0.25) is 0 Å². The molecule has 2 saturated carbocycles. The number of carbonyl (C=O) groups is 2. The predicted octanol–water partition coefficient (Wildman–Crippen LogP) is 2.10. The highest BCUT2D eigenvalue weighted by molar-refractivity contribution is 5.91. The van der Waals surface area contributed by atoms with E-state index >= 15 is 0 Å². The highest BCUT2D eigenvalue weighted by Gasteiger charge is 2.61. The molecule has 0 aromatic heterocycles. The fourth-order valence-electron chi connectivity index (χ4n) is 4.24. The van der Waals surface area contributed by atoms with Gasteiger partial charge in [0, 0.05) is 30.1 Å². The maximum Gasteiger partial charge on any atom is 0.163 e. The van der Waals surface area contributed by atoms with Crippen LogP contribution < -0.4 is 0 Å². The van der Waals surface area contributed by atoms with Gasteiger partial charge in [-0.25, -0.2) is 0 Å². The Balaban J connectivity index is 2.00. The summed E-state index contributed by atoms with van der Waals surface area (Å²) in [7, 11) is 0. The Bertz CT molecular complexity index is 441. The second-order valence-corrected chi connectivity index (χ2v) is 6.96. The van der Waals surface area contributed by atoms with Gasteiger partial charge in [0.15, 0.2) is 5.79 Å². The summed E-state index contributed by atoms with van der Waals surface area (Å²) in [6.45, 7) is 7.70. The molecule has 1 heterocycles. The van der Waals surface area contributed by atoms with Gasteiger partial charge in [-0.15, -0.1) is 0 Å². The minimum atomic E-state index is -0.652. The minimum Gasteiger partial charge on any atom is -0.344 e. The van der Waals surface area contributed by atoms with Gasteiger partial charge in [0.2, 0.25) is 0 Å². The number of hydrogen-bond donors (Lipinski definition) is 0. The molecular formula is C15H22O4. The average molecular weight is 266 g/mol. The van der Waals surface area contributed by atoms with Crippen LogP contribution in [0.4, 0.5) is 0 Å². The Kier molecular flexibility index (Phi) is 2.71. The SMILES string of the molecule is CC1C(=O)CC[C@@]2(C)C(=O)C[C@@H]3OC(C)(C)O[C@H]3[C@H]12. The van der Waals surface area contributed by atoms with Crippen LogP contribution in [0.3, 0.4) is 0 Å². The Morgan fingerprint density at radius 1 is 1.16 bits per heavy atom. The number of hydrogen-bond acceptors (Lipinski definition) is 4. The molecule has 0 aromatic rings. The monoisotopic (exact) mass is 266 g/mol. The van der Waals surface area contributed by atoms with E-state index < -0.39 is 11.2 Å². The Morgan fingerprint density at radius 3 is 2.53 bits per heavy atom. The largest absolute Gasteiger partial charge is 0.344 e. The molecular weight excluding hydrogens is 244 g/mol. The van der Waals surface area contributed by atoms with Crippen molar-refractivity contribution in [2.75, 3.05) is 0 Å². The lowest BCUT2D eigenvalue weighted by Crippen LogP contribution is -2.57. The van der Waals surface area contributed by atoms with E-state index in [4.69, 9.17) is 9.47 Å². The third-order valence-corrected chi connectivity index (χ3v) is 5.27. The quantitative estimate of drug-likeness (QED) is 0.674. The molecule has 0 radical (unpaired) electrons. The Hall–Kier alpha value is -0.740. The van der Waals surface area contributed by atoms with Crippen molar-refractivity contribution in [2.45, 2.75) is 65.0 Å². The molecule has 3 aliphatic rings. The van der Waals surface area contributed by atoms with Crippen LogP contribution in [0.25, 0.3) is 0 Å². The van der Waals surface area contributed by atoms with E-state index in [0.29, 0.717) is 19.3 Å². The van der Waals surface area contributed by atoms with Gasteiger partial charge in [0.1, 0.15) is 11.6 Å². The van der Waals surface area contributed by atoms with Gasteiger partial charge in [0.25, 0.3) is 0 Å². The predicted molar refractivity (Wildman–Crippen MR) is 68.5 cm³/mol. The van der Waals surface area contributed by atoms with Crippen LogP contribution in [-0.2, 0) is 19.1 Å². The molecule has 3 fully saturated rings. The third-order valence-electron chi connectivity index (χ3n) is 5.27. The number of carbonyl (C=O) groups excluding carboxylic acids is 2. The molecule has 0 amide bonds. The highest BCUT2D eigenvalue weighted by atomic mass is 16.8. The molecule has 5 atom stereocenters. The lowest BCUT2D eigenvalue weighted by molar-refractivity contribution is -0.166. The molecule has 2 aliphatic carbocycles. The van der Waals surface area contributed by atoms with Gasteiger partial charge in [-0.3, -0.25) is 9.59 Å². The number of Topliss-reactive ketones (excluding diaryl/α,β-unsaturated/α-hetero) is 2. The molecule has 106 valence electrons. The van der Waals surface area contributed by atoms with Gasteiger partial charge in [0.05, 0.1) is 12.2 Å². The molecule has 3 rings (SSSR count). The highest BCUT2D eigenvalue weighted by Crippen LogP contribution is 2.54. The summed E-state index contributed by atoms with van der Waals surface area (Å²) < 4.78 is 11.9. The number of rotatable bonds is 0. The molecule has 1 saturated heterocycles. The van der Waals surface area contributed by atoms with Crippen molar-refractivity contribution in [1.82, 2.24) is 0 Å². The smallest absolute Gasteiger partial charge is 0.163 e. The summed E-state index contributed by atoms with van der Waals surface area (Å²) in [4.78, 5) is 24.5. The maximum atomic E-state index is 12.5. The van der Waals surface area contributed by atoms with Crippen LogP contribution in [0, 0.1) is 17.3 Å². The van der Waals surface area contributed by atoms with Crippen molar-refractivity contribution < 1.29 is 19.1 Å². The summed E-state index contributed by atoms with van der Waals surface area (Å²) in [6, 6.07) is 0. The topological polar surface area (TPSA) is 52.6 Å². The summed E-state index contributed by atoms with van der Waals surface area (Å²) >= 11 is 0. The normalized spacial score (nSPS) is 48.8. The van der Waals surface area contributed by atoms with Crippen LogP contribution in [0.5, 0.6) is 0 Å². The van der Waals surface area contributed by atoms with Gasteiger partial charge in [-0.1, -0.05) is 13.8 Å². The molecule has 0 aromatic carbocycles. The first kappa shape index (κ1) is 13.3. The summed E-state index contributed by atoms with van der Waals surface area (Å²) in [6.07, 6.45) is 1.28. The summed E-state index contributed by atoms with van der Waals surface area (Å²) in [5, 5.41) is 0.